The number of nitrogens with zero attached hydrogens (tertiary/aromatic N) is 7. The van der Waals surface area contributed by atoms with Crippen LogP contribution in [0.25, 0.3) is 11.6 Å². The van der Waals surface area contributed by atoms with Crippen LogP contribution in [0.15, 0.2) is 53.9 Å². The second-order valence-corrected chi connectivity index (χ2v) is 9.49. The van der Waals surface area contributed by atoms with Gasteiger partial charge in [0.15, 0.2) is 0 Å². The van der Waals surface area contributed by atoms with E-state index >= 15 is 0 Å². The zero-order valence-corrected chi connectivity index (χ0v) is 21.0. The number of halogens is 3. The Morgan fingerprint density at radius 3 is 2.79 bits per heavy atom. The molecule has 4 aromatic rings. The number of pyridine rings is 1. The van der Waals surface area contributed by atoms with Crippen molar-refractivity contribution < 1.29 is 18.0 Å². The first kappa shape index (κ1) is 24.6. The van der Waals surface area contributed by atoms with Crippen molar-refractivity contribution in [1.29, 1.82) is 0 Å². The lowest BCUT2D eigenvalue weighted by atomic mass is 9.94. The number of fused-ring (bicyclic) bond motifs is 3. The van der Waals surface area contributed by atoms with E-state index in [4.69, 9.17) is 4.99 Å². The van der Waals surface area contributed by atoms with E-state index in [-0.39, 0.29) is 5.69 Å². The summed E-state index contributed by atoms with van der Waals surface area (Å²) in [6.45, 7) is 3.14. The van der Waals surface area contributed by atoms with Crippen LogP contribution in [-0.4, -0.2) is 49.4 Å². The Morgan fingerprint density at radius 2 is 2.00 bits per heavy atom. The maximum absolute atomic E-state index is 13.1. The van der Waals surface area contributed by atoms with Gasteiger partial charge >= 0.3 is 6.18 Å². The predicted octanol–water partition coefficient (Wildman–Crippen LogP) is 4.82. The molecule has 0 saturated carbocycles. The minimum absolute atomic E-state index is 0.334. The van der Waals surface area contributed by atoms with Gasteiger partial charge in [-0.05, 0) is 48.4 Å². The fourth-order valence-electron chi connectivity index (χ4n) is 4.31. The maximum atomic E-state index is 13.1. The molecule has 3 aromatic heterocycles. The third-order valence-electron chi connectivity index (χ3n) is 6.13. The fourth-order valence-corrected chi connectivity index (χ4v) is 4.72. The Hall–Kier alpha value is -4.72. The number of benzene rings is 1. The minimum Gasteiger partial charge on any atom is -0.321 e. The maximum Gasteiger partial charge on any atom is 0.416 e. The number of rotatable bonds is 5. The SMILES string of the molecule is Cc1ccc(NC(=O)c2cc(C(F)(F)F)ccn2)cc1C1=Cc2cnc(Nc3cnns3)nc2N2CCN=C12. The van der Waals surface area contributed by atoms with Gasteiger partial charge < -0.3 is 15.5 Å². The van der Waals surface area contributed by atoms with Crippen LogP contribution in [-0.2, 0) is 6.18 Å². The second kappa shape index (κ2) is 9.54. The van der Waals surface area contributed by atoms with Gasteiger partial charge in [0.25, 0.3) is 5.91 Å². The topological polar surface area (TPSA) is 121 Å². The quantitative estimate of drug-likeness (QED) is 0.364. The van der Waals surface area contributed by atoms with Crippen LogP contribution in [0.1, 0.15) is 32.7 Å². The number of aryl methyl sites for hydroxylation is 1. The molecular formula is C25H18F3N9OS. The number of aliphatic imine (C=N–C) groups is 1. The molecule has 0 aliphatic carbocycles. The van der Waals surface area contributed by atoms with Crippen LogP contribution in [0, 0.1) is 6.92 Å². The number of hydrogen-bond acceptors (Lipinski definition) is 10. The number of alkyl halides is 3. The highest BCUT2D eigenvalue weighted by molar-refractivity contribution is 7.09. The Labute approximate surface area is 223 Å². The van der Waals surface area contributed by atoms with E-state index in [1.165, 1.54) is 11.5 Å². The first-order chi connectivity index (χ1) is 18.8. The largest absolute Gasteiger partial charge is 0.416 e. The Balaban J connectivity index is 1.31. The molecule has 0 spiro atoms. The number of anilines is 4. The molecule has 1 aromatic carbocycles. The molecule has 2 N–H and O–H groups in total. The first-order valence-electron chi connectivity index (χ1n) is 11.7. The van der Waals surface area contributed by atoms with Crippen LogP contribution in [0.3, 0.4) is 0 Å². The smallest absolute Gasteiger partial charge is 0.321 e. The molecule has 14 heteroatoms. The number of carbonyl (C=O) groups is 1. The summed E-state index contributed by atoms with van der Waals surface area (Å²) in [5.41, 5.74) is 2.47. The molecule has 5 heterocycles. The third-order valence-corrected chi connectivity index (χ3v) is 6.72. The monoisotopic (exact) mass is 549 g/mol. The normalized spacial score (nSPS) is 14.3. The van der Waals surface area contributed by atoms with Crippen LogP contribution >= 0.6 is 11.5 Å². The van der Waals surface area contributed by atoms with Crippen molar-refractivity contribution in [3.8, 4) is 0 Å². The first-order valence-corrected chi connectivity index (χ1v) is 12.4. The van der Waals surface area contributed by atoms with E-state index in [9.17, 15) is 18.0 Å². The lowest BCUT2D eigenvalue weighted by Gasteiger charge is -2.28. The highest BCUT2D eigenvalue weighted by atomic mass is 32.1. The van der Waals surface area contributed by atoms with Gasteiger partial charge in [-0.1, -0.05) is 10.6 Å². The molecule has 39 heavy (non-hydrogen) atoms. The molecule has 1 amide bonds. The van der Waals surface area contributed by atoms with Gasteiger partial charge in [0, 0.05) is 47.3 Å². The number of aromatic nitrogens is 5. The predicted molar refractivity (Wildman–Crippen MR) is 141 cm³/mol. The van der Waals surface area contributed by atoms with Gasteiger partial charge in [-0.15, -0.1) is 5.10 Å². The van der Waals surface area contributed by atoms with Crippen molar-refractivity contribution in [3.05, 3.63) is 76.9 Å². The second-order valence-electron chi connectivity index (χ2n) is 8.71. The van der Waals surface area contributed by atoms with Crippen molar-refractivity contribution in [2.75, 3.05) is 28.6 Å². The van der Waals surface area contributed by atoms with E-state index in [0.717, 1.165) is 46.4 Å². The van der Waals surface area contributed by atoms with Gasteiger partial charge in [-0.3, -0.25) is 14.8 Å². The molecular weight excluding hydrogens is 531 g/mol. The number of carbonyl (C=O) groups excluding carboxylic acids is 1. The Kier molecular flexibility index (Phi) is 6.02. The average molecular weight is 550 g/mol. The molecule has 2 aliphatic rings. The number of amides is 1. The van der Waals surface area contributed by atoms with Crippen LogP contribution < -0.4 is 15.5 Å². The van der Waals surface area contributed by atoms with Gasteiger partial charge in [-0.2, -0.15) is 18.2 Å². The number of hydrogen-bond donors (Lipinski definition) is 2. The van der Waals surface area contributed by atoms with Crippen LogP contribution in [0.4, 0.5) is 35.6 Å². The average Bonchev–Trinajstić information content (AvgIpc) is 3.62. The molecule has 0 radical (unpaired) electrons. The summed E-state index contributed by atoms with van der Waals surface area (Å²) in [4.78, 5) is 32.4. The summed E-state index contributed by atoms with van der Waals surface area (Å²) in [6, 6.07) is 6.83. The number of nitrogens with one attached hydrogen (secondary N) is 2. The zero-order chi connectivity index (χ0) is 27.1. The minimum atomic E-state index is -4.58. The van der Waals surface area contributed by atoms with Crippen molar-refractivity contribution >= 4 is 57.4 Å². The Morgan fingerprint density at radius 1 is 1.13 bits per heavy atom. The summed E-state index contributed by atoms with van der Waals surface area (Å²) < 4.78 is 43.1. The van der Waals surface area contributed by atoms with Crippen molar-refractivity contribution in [2.45, 2.75) is 13.1 Å². The van der Waals surface area contributed by atoms with Crippen LogP contribution in [0.2, 0.25) is 0 Å². The lowest BCUT2D eigenvalue weighted by molar-refractivity contribution is -0.137. The van der Waals surface area contributed by atoms with Gasteiger partial charge in [0.2, 0.25) is 5.95 Å². The van der Waals surface area contributed by atoms with E-state index < -0.39 is 17.6 Å². The van der Waals surface area contributed by atoms with E-state index in [1.807, 2.05) is 24.0 Å². The highest BCUT2D eigenvalue weighted by Crippen LogP contribution is 2.37. The Bertz CT molecular complexity index is 1650. The zero-order valence-electron chi connectivity index (χ0n) is 20.2. The molecule has 6 rings (SSSR count). The summed E-state index contributed by atoms with van der Waals surface area (Å²) in [6.07, 6.45) is 1.63. The molecule has 0 saturated heterocycles. The van der Waals surface area contributed by atoms with Gasteiger partial charge in [0.1, 0.15) is 22.3 Å². The van der Waals surface area contributed by atoms with Gasteiger partial charge in [-0.25, -0.2) is 4.98 Å². The van der Waals surface area contributed by atoms with E-state index in [2.05, 4.69) is 35.2 Å². The standard InChI is InChI=1S/C25H18F3N9OS/c1-13-2-3-16(33-23(38)19-9-15(4-5-29-19)25(26,27)28)10-17(13)18-8-14-11-31-24(34-20-12-32-36-39-20)35-21(14)37-7-6-30-22(18)37/h2-5,8-12H,6-7H2,1H3,(H,33,38)(H,31,34,35). The third kappa shape index (κ3) is 4.81. The molecule has 0 bridgehead atoms. The van der Waals surface area contributed by atoms with Crippen molar-refractivity contribution in [1.82, 2.24) is 24.5 Å². The molecule has 10 nitrogen and oxygen atoms in total. The van der Waals surface area contributed by atoms with E-state index in [0.29, 0.717) is 35.5 Å². The molecule has 2 aliphatic heterocycles. The van der Waals surface area contributed by atoms with E-state index in [1.54, 1.807) is 24.5 Å². The summed E-state index contributed by atoms with van der Waals surface area (Å²) in [5, 5.41) is 10.3. The van der Waals surface area contributed by atoms with Gasteiger partial charge in [0.05, 0.1) is 18.3 Å². The number of amidine groups is 1. The summed E-state index contributed by atoms with van der Waals surface area (Å²) in [7, 11) is 0. The lowest BCUT2D eigenvalue weighted by Crippen LogP contribution is -2.32. The highest BCUT2D eigenvalue weighted by Gasteiger charge is 2.32. The molecule has 196 valence electrons. The van der Waals surface area contributed by atoms with Crippen LogP contribution in [0.5, 0.6) is 0 Å². The van der Waals surface area contributed by atoms with Crippen molar-refractivity contribution in [3.63, 3.8) is 0 Å². The molecule has 0 unspecified atom stereocenters. The summed E-state index contributed by atoms with van der Waals surface area (Å²) >= 11 is 1.19. The molecule has 0 fully saturated rings. The van der Waals surface area contributed by atoms with Crippen molar-refractivity contribution in [2.24, 2.45) is 4.99 Å². The fraction of sp³-hybridized carbons (Fsp3) is 0.160. The molecule has 0 atom stereocenters. The summed E-state index contributed by atoms with van der Waals surface area (Å²) in [5.74, 6) is 1.11.